The van der Waals surface area contributed by atoms with E-state index in [1.54, 1.807) is 25.1 Å². The number of nitrogens with zero attached hydrogens (tertiary/aromatic N) is 1. The molecule has 0 unspecified atom stereocenters. The van der Waals surface area contributed by atoms with Gasteiger partial charge in [-0.3, -0.25) is 14.9 Å². The van der Waals surface area contributed by atoms with Crippen molar-refractivity contribution >= 4 is 17.7 Å². The number of rotatable bonds is 4. The maximum absolute atomic E-state index is 10.8. The van der Waals surface area contributed by atoms with Crippen molar-refractivity contribution in [3.05, 3.63) is 45.5 Å². The van der Waals surface area contributed by atoms with Gasteiger partial charge in [-0.2, -0.15) is 0 Å². The molecule has 0 radical (unpaired) electrons. The van der Waals surface area contributed by atoms with Gasteiger partial charge >= 0.3 is 5.97 Å². The van der Waals surface area contributed by atoms with Crippen LogP contribution in [-0.4, -0.2) is 16.0 Å². The van der Waals surface area contributed by atoms with Gasteiger partial charge < -0.3 is 5.11 Å². The Hall–Kier alpha value is -2.17. The van der Waals surface area contributed by atoms with Crippen molar-refractivity contribution < 1.29 is 14.8 Å². The zero-order chi connectivity index (χ0) is 12.1. The zero-order valence-electron chi connectivity index (χ0n) is 8.71. The molecule has 1 rings (SSSR count). The predicted octanol–water partition coefficient (Wildman–Crippen LogP) is 2.39. The Bertz CT molecular complexity index is 451. The lowest BCUT2D eigenvalue weighted by atomic mass is 10.1. The smallest absolute Gasteiger partial charge is 0.307 e. The second-order valence-corrected chi connectivity index (χ2v) is 3.27. The van der Waals surface area contributed by atoms with Crippen LogP contribution in [0.1, 0.15) is 17.5 Å². The van der Waals surface area contributed by atoms with Crippen LogP contribution in [0.4, 0.5) is 5.69 Å². The Morgan fingerprint density at radius 2 is 2.25 bits per heavy atom. The second-order valence-electron chi connectivity index (χ2n) is 3.27. The summed E-state index contributed by atoms with van der Waals surface area (Å²) in [6.07, 6.45) is 2.70. The first-order valence-corrected chi connectivity index (χ1v) is 4.64. The molecule has 16 heavy (non-hydrogen) atoms. The number of aliphatic carboxylic acids is 1. The summed E-state index contributed by atoms with van der Waals surface area (Å²) in [5, 5.41) is 19.2. The molecular formula is C11H11NO4. The molecule has 5 nitrogen and oxygen atoms in total. The minimum atomic E-state index is -0.966. The molecule has 0 aliphatic heterocycles. The number of carbonyl (C=O) groups is 1. The Morgan fingerprint density at radius 1 is 1.56 bits per heavy atom. The van der Waals surface area contributed by atoms with Crippen molar-refractivity contribution in [1.29, 1.82) is 0 Å². The molecule has 0 aromatic heterocycles. The number of nitro benzene ring substituents is 1. The fourth-order valence-corrected chi connectivity index (χ4v) is 1.35. The number of benzene rings is 1. The Balaban J connectivity index is 3.04. The quantitative estimate of drug-likeness (QED) is 0.625. The van der Waals surface area contributed by atoms with Gasteiger partial charge in [0.15, 0.2) is 0 Å². The van der Waals surface area contributed by atoms with Crippen molar-refractivity contribution in [3.8, 4) is 0 Å². The Kier molecular flexibility index (Phi) is 3.77. The first kappa shape index (κ1) is 11.9. The topological polar surface area (TPSA) is 80.4 Å². The minimum absolute atomic E-state index is 0.0177. The highest BCUT2D eigenvalue weighted by atomic mass is 16.6. The zero-order valence-corrected chi connectivity index (χ0v) is 8.71. The van der Waals surface area contributed by atoms with Crippen LogP contribution in [0.15, 0.2) is 24.3 Å². The van der Waals surface area contributed by atoms with Gasteiger partial charge in [0, 0.05) is 5.56 Å². The third kappa shape index (κ3) is 2.91. The van der Waals surface area contributed by atoms with E-state index in [0.717, 1.165) is 0 Å². The van der Waals surface area contributed by atoms with Crippen LogP contribution in [0.2, 0.25) is 0 Å². The third-order valence-electron chi connectivity index (χ3n) is 2.04. The van der Waals surface area contributed by atoms with Gasteiger partial charge in [0.25, 0.3) is 5.69 Å². The van der Waals surface area contributed by atoms with Gasteiger partial charge in [-0.05, 0) is 13.0 Å². The maximum Gasteiger partial charge on any atom is 0.307 e. The van der Waals surface area contributed by atoms with Crippen molar-refractivity contribution in [3.63, 3.8) is 0 Å². The van der Waals surface area contributed by atoms with Crippen LogP contribution in [-0.2, 0) is 4.79 Å². The average molecular weight is 221 g/mol. The SMILES string of the molecule is Cc1cccc(C=CCC(=O)O)c1[N+](=O)[O-]. The van der Waals surface area contributed by atoms with E-state index in [1.165, 1.54) is 12.2 Å². The van der Waals surface area contributed by atoms with E-state index in [4.69, 9.17) is 5.11 Å². The van der Waals surface area contributed by atoms with E-state index < -0.39 is 10.9 Å². The molecule has 0 spiro atoms. The fraction of sp³-hybridized carbons (Fsp3) is 0.182. The largest absolute Gasteiger partial charge is 0.481 e. The van der Waals surface area contributed by atoms with Crippen molar-refractivity contribution in [2.45, 2.75) is 13.3 Å². The summed E-state index contributed by atoms with van der Waals surface area (Å²) in [5.74, 6) is -0.966. The Morgan fingerprint density at radius 3 is 2.81 bits per heavy atom. The summed E-state index contributed by atoms with van der Waals surface area (Å²) < 4.78 is 0. The molecule has 0 aliphatic carbocycles. The molecule has 0 saturated heterocycles. The Labute approximate surface area is 92.2 Å². The molecule has 1 aromatic rings. The summed E-state index contributed by atoms with van der Waals surface area (Å²) in [6.45, 7) is 1.65. The normalized spacial score (nSPS) is 10.6. The summed E-state index contributed by atoms with van der Waals surface area (Å²) in [7, 11) is 0. The molecule has 84 valence electrons. The standard InChI is InChI=1S/C11H11NO4/c1-8-4-2-5-9(11(8)12(15)16)6-3-7-10(13)14/h2-6H,7H2,1H3,(H,13,14). The van der Waals surface area contributed by atoms with Gasteiger partial charge in [0.1, 0.15) is 0 Å². The van der Waals surface area contributed by atoms with Crippen LogP contribution >= 0.6 is 0 Å². The van der Waals surface area contributed by atoms with Crippen LogP contribution < -0.4 is 0 Å². The van der Waals surface area contributed by atoms with Crippen molar-refractivity contribution in [1.82, 2.24) is 0 Å². The van der Waals surface area contributed by atoms with Crippen LogP contribution in [0.5, 0.6) is 0 Å². The summed E-state index contributed by atoms with van der Waals surface area (Å²) in [6, 6.07) is 4.93. The van der Waals surface area contributed by atoms with E-state index >= 15 is 0 Å². The number of carboxylic acids is 1. The lowest BCUT2D eigenvalue weighted by Gasteiger charge is -2.00. The molecule has 0 amide bonds. The number of nitro groups is 1. The molecule has 0 aliphatic rings. The number of hydrogen-bond acceptors (Lipinski definition) is 3. The molecular weight excluding hydrogens is 210 g/mol. The molecule has 0 bridgehead atoms. The molecule has 0 heterocycles. The van der Waals surface area contributed by atoms with Crippen molar-refractivity contribution in [2.24, 2.45) is 0 Å². The van der Waals surface area contributed by atoms with Gasteiger partial charge in [-0.15, -0.1) is 0 Å². The summed E-state index contributed by atoms with van der Waals surface area (Å²) >= 11 is 0. The third-order valence-corrected chi connectivity index (χ3v) is 2.04. The number of aryl methyl sites for hydroxylation is 1. The highest BCUT2D eigenvalue weighted by Gasteiger charge is 2.14. The maximum atomic E-state index is 10.8. The van der Waals surface area contributed by atoms with Crippen LogP contribution in [0.25, 0.3) is 6.08 Å². The van der Waals surface area contributed by atoms with Crippen LogP contribution in [0.3, 0.4) is 0 Å². The highest BCUT2D eigenvalue weighted by molar-refractivity contribution is 5.72. The van der Waals surface area contributed by atoms with Crippen molar-refractivity contribution in [2.75, 3.05) is 0 Å². The molecule has 0 atom stereocenters. The molecule has 1 N–H and O–H groups in total. The van der Waals surface area contributed by atoms with E-state index in [1.807, 2.05) is 0 Å². The van der Waals surface area contributed by atoms with Gasteiger partial charge in [-0.25, -0.2) is 0 Å². The van der Waals surface area contributed by atoms with Gasteiger partial charge in [0.05, 0.1) is 16.9 Å². The van der Waals surface area contributed by atoms with E-state index in [2.05, 4.69) is 0 Å². The van der Waals surface area contributed by atoms with E-state index in [-0.39, 0.29) is 12.1 Å². The van der Waals surface area contributed by atoms with E-state index in [0.29, 0.717) is 11.1 Å². The molecule has 5 heteroatoms. The monoisotopic (exact) mass is 221 g/mol. The van der Waals surface area contributed by atoms with Crippen LogP contribution in [0, 0.1) is 17.0 Å². The average Bonchev–Trinajstić information content (AvgIpc) is 2.16. The van der Waals surface area contributed by atoms with Gasteiger partial charge in [0.2, 0.25) is 0 Å². The minimum Gasteiger partial charge on any atom is -0.481 e. The van der Waals surface area contributed by atoms with E-state index in [9.17, 15) is 14.9 Å². The molecule has 0 fully saturated rings. The lowest BCUT2D eigenvalue weighted by molar-refractivity contribution is -0.385. The summed E-state index contributed by atoms with van der Waals surface area (Å²) in [4.78, 5) is 20.6. The lowest BCUT2D eigenvalue weighted by Crippen LogP contribution is -1.95. The molecule has 1 aromatic carbocycles. The fourth-order valence-electron chi connectivity index (χ4n) is 1.35. The first-order chi connectivity index (χ1) is 7.52. The van der Waals surface area contributed by atoms with Gasteiger partial charge in [-0.1, -0.05) is 24.3 Å². The first-order valence-electron chi connectivity index (χ1n) is 4.64. The predicted molar refractivity (Wildman–Crippen MR) is 59.1 cm³/mol. The number of carboxylic acid groups (broad SMARTS) is 1. The summed E-state index contributed by atoms with van der Waals surface area (Å²) in [5.41, 5.74) is 0.998. The highest BCUT2D eigenvalue weighted by Crippen LogP contribution is 2.24. The number of hydrogen-bond donors (Lipinski definition) is 1. The molecule has 0 saturated carbocycles. The second kappa shape index (κ2) is 5.06. The number of para-hydroxylation sites is 1.